The van der Waals surface area contributed by atoms with Gasteiger partial charge in [-0.25, -0.2) is 0 Å². The van der Waals surface area contributed by atoms with E-state index in [-0.39, 0.29) is 24.9 Å². The van der Waals surface area contributed by atoms with E-state index in [2.05, 4.69) is 0 Å². The topological polar surface area (TPSA) is 87.2 Å². The van der Waals surface area contributed by atoms with Crippen LogP contribution in [0.3, 0.4) is 0 Å². The van der Waals surface area contributed by atoms with Crippen molar-refractivity contribution in [1.82, 2.24) is 4.90 Å². The van der Waals surface area contributed by atoms with Crippen LogP contribution in [0.4, 0.5) is 5.69 Å². The fourth-order valence-corrected chi connectivity index (χ4v) is 3.11. The third kappa shape index (κ3) is 2.70. The quantitative estimate of drug-likeness (QED) is 0.896. The molecule has 2 aliphatic rings. The summed E-state index contributed by atoms with van der Waals surface area (Å²) >= 11 is 0. The molecule has 7 heteroatoms. The van der Waals surface area contributed by atoms with Gasteiger partial charge in [-0.05, 0) is 32.4 Å². The van der Waals surface area contributed by atoms with Crippen molar-refractivity contribution in [2.45, 2.75) is 26.4 Å². The average Bonchev–Trinajstić information content (AvgIpc) is 2.96. The lowest BCUT2D eigenvalue weighted by Gasteiger charge is -2.33. The molecule has 1 saturated heterocycles. The van der Waals surface area contributed by atoms with E-state index >= 15 is 0 Å². The monoisotopic (exact) mass is 332 g/mol. The Hall–Kier alpha value is -2.57. The molecule has 2 amide bonds. The molecule has 0 aliphatic carbocycles. The summed E-state index contributed by atoms with van der Waals surface area (Å²) in [4.78, 5) is 39.3. The summed E-state index contributed by atoms with van der Waals surface area (Å²) in [5, 5.41) is 9.28. The number of carbonyl (C=O) groups excluding carboxylic acids is 2. The normalized spacial score (nSPS) is 26.1. The van der Waals surface area contributed by atoms with Crippen LogP contribution >= 0.6 is 0 Å². The molecule has 0 spiro atoms. The van der Waals surface area contributed by atoms with E-state index < -0.39 is 17.5 Å². The average molecular weight is 332 g/mol. The molecule has 2 aliphatic heterocycles. The Morgan fingerprint density at radius 2 is 2.08 bits per heavy atom. The van der Waals surface area contributed by atoms with Crippen LogP contribution in [0.1, 0.15) is 20.3 Å². The summed E-state index contributed by atoms with van der Waals surface area (Å²) in [5.41, 5.74) is -0.357. The number of para-hydroxylation sites is 2. The van der Waals surface area contributed by atoms with Gasteiger partial charge in [-0.3, -0.25) is 19.3 Å². The number of hydrogen-bond acceptors (Lipinski definition) is 4. The number of likely N-dealkylation sites (tertiary alicyclic amines) is 1. The first-order valence-electron chi connectivity index (χ1n) is 7.90. The minimum Gasteiger partial charge on any atom is -0.481 e. The molecule has 2 unspecified atom stereocenters. The number of amides is 2. The zero-order valence-electron chi connectivity index (χ0n) is 13.7. The number of hydrogen-bond donors (Lipinski definition) is 1. The molecule has 3 rings (SSSR count). The summed E-state index contributed by atoms with van der Waals surface area (Å²) < 4.78 is 5.55. The first-order chi connectivity index (χ1) is 11.3. The van der Waals surface area contributed by atoms with Gasteiger partial charge in [-0.1, -0.05) is 12.1 Å². The van der Waals surface area contributed by atoms with Gasteiger partial charge in [0.05, 0.1) is 11.1 Å². The molecular weight excluding hydrogens is 312 g/mol. The minimum absolute atomic E-state index is 0.112. The fraction of sp³-hybridized carbons (Fsp3) is 0.471. The van der Waals surface area contributed by atoms with E-state index in [1.807, 2.05) is 0 Å². The zero-order chi connectivity index (χ0) is 17.5. The number of carboxylic acids is 1. The number of carbonyl (C=O) groups is 3. The Morgan fingerprint density at radius 3 is 2.75 bits per heavy atom. The highest BCUT2D eigenvalue weighted by Gasteiger charge is 2.43. The number of carboxylic acid groups (broad SMARTS) is 1. The molecule has 128 valence electrons. The Kier molecular flexibility index (Phi) is 3.95. The highest BCUT2D eigenvalue weighted by Crippen LogP contribution is 2.34. The van der Waals surface area contributed by atoms with Gasteiger partial charge < -0.3 is 14.7 Å². The van der Waals surface area contributed by atoms with Crippen LogP contribution in [0.15, 0.2) is 24.3 Å². The lowest BCUT2D eigenvalue weighted by atomic mass is 9.90. The summed E-state index contributed by atoms with van der Waals surface area (Å²) in [5.74, 6) is -0.868. The molecule has 24 heavy (non-hydrogen) atoms. The largest absolute Gasteiger partial charge is 0.481 e. The van der Waals surface area contributed by atoms with Gasteiger partial charge in [0.1, 0.15) is 12.3 Å². The number of rotatable bonds is 3. The van der Waals surface area contributed by atoms with Gasteiger partial charge in [-0.2, -0.15) is 0 Å². The number of anilines is 1. The molecule has 0 saturated carbocycles. The predicted octanol–water partition coefficient (Wildman–Crippen LogP) is 1.12. The molecule has 1 fully saturated rings. The predicted molar refractivity (Wildman–Crippen MR) is 85.8 cm³/mol. The number of nitrogens with zero attached hydrogens (tertiary/aromatic N) is 2. The summed E-state index contributed by atoms with van der Waals surface area (Å²) in [6.45, 7) is 3.72. The SMILES string of the molecule is CC1Oc2ccccc2N(CC(=O)N2CCC(C)(C(=O)O)C2)C1=O. The molecule has 1 aromatic carbocycles. The van der Waals surface area contributed by atoms with Crippen molar-refractivity contribution < 1.29 is 24.2 Å². The highest BCUT2D eigenvalue weighted by molar-refractivity contribution is 6.03. The van der Waals surface area contributed by atoms with Crippen molar-refractivity contribution in [3.63, 3.8) is 0 Å². The third-order valence-corrected chi connectivity index (χ3v) is 4.71. The molecule has 2 atom stereocenters. The van der Waals surface area contributed by atoms with Crippen molar-refractivity contribution in [2.75, 3.05) is 24.5 Å². The summed E-state index contributed by atoms with van der Waals surface area (Å²) in [7, 11) is 0. The molecule has 7 nitrogen and oxygen atoms in total. The maximum atomic E-state index is 12.6. The Labute approximate surface area is 139 Å². The second-order valence-electron chi connectivity index (χ2n) is 6.58. The van der Waals surface area contributed by atoms with E-state index in [0.717, 1.165) is 0 Å². The van der Waals surface area contributed by atoms with Gasteiger partial charge in [0, 0.05) is 13.1 Å². The zero-order valence-corrected chi connectivity index (χ0v) is 13.7. The van der Waals surface area contributed by atoms with Crippen molar-refractivity contribution in [3.8, 4) is 5.75 Å². The molecule has 1 aromatic rings. The van der Waals surface area contributed by atoms with Gasteiger partial charge in [0.25, 0.3) is 5.91 Å². The molecule has 1 N–H and O–H groups in total. The molecule has 0 aromatic heterocycles. The fourth-order valence-electron chi connectivity index (χ4n) is 3.11. The lowest BCUT2D eigenvalue weighted by molar-refractivity contribution is -0.147. The molecule has 0 radical (unpaired) electrons. The number of aliphatic carboxylic acids is 1. The smallest absolute Gasteiger partial charge is 0.311 e. The van der Waals surface area contributed by atoms with Crippen LogP contribution in [-0.2, 0) is 14.4 Å². The molecule has 2 heterocycles. The maximum absolute atomic E-state index is 12.6. The van der Waals surface area contributed by atoms with Crippen molar-refractivity contribution in [3.05, 3.63) is 24.3 Å². The van der Waals surface area contributed by atoms with E-state index in [9.17, 15) is 19.5 Å². The number of benzene rings is 1. The number of ether oxygens (including phenoxy) is 1. The molecular formula is C17H20N2O5. The first-order valence-corrected chi connectivity index (χ1v) is 7.90. The minimum atomic E-state index is -0.921. The first kappa shape index (κ1) is 16.3. The highest BCUT2D eigenvalue weighted by atomic mass is 16.5. The molecule has 0 bridgehead atoms. The van der Waals surface area contributed by atoms with Crippen LogP contribution in [0.5, 0.6) is 5.75 Å². The van der Waals surface area contributed by atoms with Crippen LogP contribution in [0.2, 0.25) is 0 Å². The van der Waals surface area contributed by atoms with Gasteiger partial charge >= 0.3 is 5.97 Å². The summed E-state index contributed by atoms with van der Waals surface area (Å²) in [6, 6.07) is 7.07. The van der Waals surface area contributed by atoms with E-state index in [0.29, 0.717) is 24.4 Å². The van der Waals surface area contributed by atoms with Crippen LogP contribution < -0.4 is 9.64 Å². The van der Waals surface area contributed by atoms with Crippen molar-refractivity contribution in [2.24, 2.45) is 5.41 Å². The second-order valence-corrected chi connectivity index (χ2v) is 6.58. The van der Waals surface area contributed by atoms with Crippen LogP contribution in [0, 0.1) is 5.41 Å². The van der Waals surface area contributed by atoms with E-state index in [1.54, 1.807) is 38.1 Å². The maximum Gasteiger partial charge on any atom is 0.311 e. The van der Waals surface area contributed by atoms with Crippen LogP contribution in [0.25, 0.3) is 0 Å². The van der Waals surface area contributed by atoms with Crippen LogP contribution in [-0.4, -0.2) is 53.5 Å². The Balaban J connectivity index is 1.77. The Morgan fingerprint density at radius 1 is 1.38 bits per heavy atom. The van der Waals surface area contributed by atoms with Crippen molar-refractivity contribution >= 4 is 23.5 Å². The number of fused-ring (bicyclic) bond motifs is 1. The third-order valence-electron chi connectivity index (χ3n) is 4.71. The van der Waals surface area contributed by atoms with E-state index in [4.69, 9.17) is 4.74 Å². The van der Waals surface area contributed by atoms with E-state index in [1.165, 1.54) is 9.80 Å². The second kappa shape index (κ2) is 5.81. The summed E-state index contributed by atoms with van der Waals surface area (Å²) in [6.07, 6.45) is -0.242. The van der Waals surface area contributed by atoms with Gasteiger partial charge in [-0.15, -0.1) is 0 Å². The van der Waals surface area contributed by atoms with Gasteiger partial charge in [0.2, 0.25) is 5.91 Å². The lowest BCUT2D eigenvalue weighted by Crippen LogP contribution is -2.49. The van der Waals surface area contributed by atoms with Gasteiger partial charge in [0.15, 0.2) is 6.10 Å². The standard InChI is InChI=1S/C17H20N2O5/c1-11-15(21)19(12-5-3-4-6-13(12)24-11)9-14(20)18-8-7-17(2,10-18)16(22)23/h3-6,11H,7-10H2,1-2H3,(H,22,23). The Bertz CT molecular complexity index is 704. The van der Waals surface area contributed by atoms with Crippen molar-refractivity contribution in [1.29, 1.82) is 0 Å².